The van der Waals surface area contributed by atoms with Crippen LogP contribution in [-0.2, 0) is 4.79 Å². The summed E-state index contributed by atoms with van der Waals surface area (Å²) in [6.45, 7) is 1.34. The fourth-order valence-electron chi connectivity index (χ4n) is 3.42. The Bertz CT molecular complexity index is 794. The third-order valence-electron chi connectivity index (χ3n) is 5.17. The maximum atomic E-state index is 12.8. The number of aromatic nitrogens is 1. The van der Waals surface area contributed by atoms with Gasteiger partial charge in [-0.2, -0.15) is 0 Å². The van der Waals surface area contributed by atoms with E-state index < -0.39 is 0 Å². The van der Waals surface area contributed by atoms with E-state index in [1.807, 2.05) is 41.3 Å². The van der Waals surface area contributed by atoms with Gasteiger partial charge in [0.1, 0.15) is 0 Å². The van der Waals surface area contributed by atoms with E-state index in [1.54, 1.807) is 12.4 Å². The number of benzene rings is 1. The van der Waals surface area contributed by atoms with Gasteiger partial charge < -0.3 is 10.2 Å². The van der Waals surface area contributed by atoms with E-state index in [0.717, 1.165) is 36.8 Å². The Morgan fingerprint density at radius 3 is 2.38 bits per heavy atom. The van der Waals surface area contributed by atoms with Gasteiger partial charge in [-0.3, -0.25) is 14.6 Å². The first kappa shape index (κ1) is 16.8. The predicted molar refractivity (Wildman–Crippen MR) is 99.5 cm³/mol. The SMILES string of the molecule is O=C(NC1CCN(C(=O)c2cncc(-c3ccccc3)c2)CC1)C1CC1. The van der Waals surface area contributed by atoms with Gasteiger partial charge in [-0.25, -0.2) is 0 Å². The van der Waals surface area contributed by atoms with Crippen molar-refractivity contribution in [2.75, 3.05) is 13.1 Å². The van der Waals surface area contributed by atoms with Crippen molar-refractivity contribution in [1.82, 2.24) is 15.2 Å². The van der Waals surface area contributed by atoms with Crippen LogP contribution in [0.25, 0.3) is 11.1 Å². The summed E-state index contributed by atoms with van der Waals surface area (Å²) in [5.74, 6) is 0.443. The quantitative estimate of drug-likeness (QED) is 0.923. The molecule has 1 saturated carbocycles. The first-order valence-corrected chi connectivity index (χ1v) is 9.31. The summed E-state index contributed by atoms with van der Waals surface area (Å²) in [5.41, 5.74) is 2.62. The molecule has 1 aromatic carbocycles. The molecule has 0 spiro atoms. The Kier molecular flexibility index (Phi) is 4.69. The summed E-state index contributed by atoms with van der Waals surface area (Å²) in [5, 5.41) is 3.12. The molecule has 1 aliphatic carbocycles. The van der Waals surface area contributed by atoms with Gasteiger partial charge >= 0.3 is 0 Å². The molecule has 134 valence electrons. The highest BCUT2D eigenvalue weighted by molar-refractivity contribution is 5.95. The predicted octanol–water partition coefficient (Wildman–Crippen LogP) is 2.88. The molecule has 2 aliphatic rings. The van der Waals surface area contributed by atoms with Gasteiger partial charge in [-0.1, -0.05) is 30.3 Å². The molecule has 2 aromatic rings. The molecular weight excluding hydrogens is 326 g/mol. The lowest BCUT2D eigenvalue weighted by Crippen LogP contribution is -2.46. The summed E-state index contributed by atoms with van der Waals surface area (Å²) < 4.78 is 0. The van der Waals surface area contributed by atoms with Crippen molar-refractivity contribution in [2.45, 2.75) is 31.7 Å². The molecule has 2 fully saturated rings. The van der Waals surface area contributed by atoms with Gasteiger partial charge in [0.2, 0.25) is 5.91 Å². The zero-order chi connectivity index (χ0) is 17.9. The van der Waals surface area contributed by atoms with Gasteiger partial charge in [0.15, 0.2) is 0 Å². The van der Waals surface area contributed by atoms with Crippen LogP contribution >= 0.6 is 0 Å². The molecule has 0 radical (unpaired) electrons. The molecule has 2 heterocycles. The van der Waals surface area contributed by atoms with Crippen molar-refractivity contribution in [1.29, 1.82) is 0 Å². The maximum absolute atomic E-state index is 12.8. The minimum Gasteiger partial charge on any atom is -0.353 e. The molecule has 4 rings (SSSR count). The zero-order valence-electron chi connectivity index (χ0n) is 14.7. The minimum atomic E-state index is 0.0160. The second kappa shape index (κ2) is 7.28. The van der Waals surface area contributed by atoms with E-state index in [0.29, 0.717) is 18.7 Å². The molecule has 0 bridgehead atoms. The van der Waals surface area contributed by atoms with Crippen LogP contribution in [0.4, 0.5) is 0 Å². The Labute approximate surface area is 153 Å². The highest BCUT2D eigenvalue weighted by Gasteiger charge is 2.32. The number of pyridine rings is 1. The Morgan fingerprint density at radius 1 is 0.962 bits per heavy atom. The van der Waals surface area contributed by atoms with Crippen molar-refractivity contribution in [3.8, 4) is 11.1 Å². The van der Waals surface area contributed by atoms with E-state index in [2.05, 4.69) is 10.3 Å². The van der Waals surface area contributed by atoms with Crippen molar-refractivity contribution in [2.24, 2.45) is 5.92 Å². The van der Waals surface area contributed by atoms with Gasteiger partial charge in [-0.05, 0) is 37.3 Å². The number of nitrogens with zero attached hydrogens (tertiary/aromatic N) is 2. The third-order valence-corrected chi connectivity index (χ3v) is 5.17. The molecule has 1 N–H and O–H groups in total. The topological polar surface area (TPSA) is 62.3 Å². The van der Waals surface area contributed by atoms with Gasteiger partial charge in [-0.15, -0.1) is 0 Å². The van der Waals surface area contributed by atoms with E-state index in [-0.39, 0.29) is 23.8 Å². The number of hydrogen-bond donors (Lipinski definition) is 1. The first-order valence-electron chi connectivity index (χ1n) is 9.31. The zero-order valence-corrected chi connectivity index (χ0v) is 14.7. The van der Waals surface area contributed by atoms with Crippen LogP contribution < -0.4 is 5.32 Å². The number of nitrogens with one attached hydrogen (secondary N) is 1. The van der Waals surface area contributed by atoms with Crippen LogP contribution in [0.1, 0.15) is 36.0 Å². The van der Waals surface area contributed by atoms with Crippen LogP contribution in [0.2, 0.25) is 0 Å². The molecule has 1 aliphatic heterocycles. The average molecular weight is 349 g/mol. The summed E-state index contributed by atoms with van der Waals surface area (Å²) >= 11 is 0. The van der Waals surface area contributed by atoms with E-state index in [4.69, 9.17) is 0 Å². The molecule has 5 nitrogen and oxygen atoms in total. The normalized spacial score (nSPS) is 17.8. The van der Waals surface area contributed by atoms with E-state index in [9.17, 15) is 9.59 Å². The maximum Gasteiger partial charge on any atom is 0.255 e. The van der Waals surface area contributed by atoms with Crippen LogP contribution in [0.15, 0.2) is 48.8 Å². The Morgan fingerprint density at radius 2 is 1.69 bits per heavy atom. The fraction of sp³-hybridized carbons (Fsp3) is 0.381. The monoisotopic (exact) mass is 349 g/mol. The van der Waals surface area contributed by atoms with Crippen molar-refractivity contribution in [3.05, 3.63) is 54.4 Å². The fourth-order valence-corrected chi connectivity index (χ4v) is 3.42. The lowest BCUT2D eigenvalue weighted by molar-refractivity contribution is -0.123. The van der Waals surface area contributed by atoms with Crippen molar-refractivity contribution < 1.29 is 9.59 Å². The van der Waals surface area contributed by atoms with Crippen LogP contribution in [0.3, 0.4) is 0 Å². The number of amides is 2. The third kappa shape index (κ3) is 3.77. The van der Waals surface area contributed by atoms with E-state index >= 15 is 0 Å². The number of hydrogen-bond acceptors (Lipinski definition) is 3. The molecule has 2 amide bonds. The largest absolute Gasteiger partial charge is 0.353 e. The highest BCUT2D eigenvalue weighted by Crippen LogP contribution is 2.29. The minimum absolute atomic E-state index is 0.0160. The van der Waals surface area contributed by atoms with Crippen LogP contribution in [0, 0.1) is 5.92 Å². The first-order chi connectivity index (χ1) is 12.7. The summed E-state index contributed by atoms with van der Waals surface area (Å²) in [6.07, 6.45) is 7.09. The molecule has 1 saturated heterocycles. The second-order valence-corrected chi connectivity index (χ2v) is 7.18. The number of likely N-dealkylation sites (tertiary alicyclic amines) is 1. The molecule has 0 unspecified atom stereocenters. The molecule has 5 heteroatoms. The molecule has 26 heavy (non-hydrogen) atoms. The van der Waals surface area contributed by atoms with Gasteiger partial charge in [0.25, 0.3) is 5.91 Å². The average Bonchev–Trinajstić information content (AvgIpc) is 3.54. The summed E-state index contributed by atoms with van der Waals surface area (Å²) in [7, 11) is 0. The number of carbonyl (C=O) groups excluding carboxylic acids is 2. The van der Waals surface area contributed by atoms with Gasteiger partial charge in [0.05, 0.1) is 5.56 Å². The standard InChI is InChI=1S/C21H23N3O2/c25-20(16-6-7-16)23-19-8-10-24(11-9-19)21(26)18-12-17(13-22-14-18)15-4-2-1-3-5-15/h1-5,12-14,16,19H,6-11H2,(H,23,25). The van der Waals surface area contributed by atoms with E-state index in [1.165, 1.54) is 0 Å². The highest BCUT2D eigenvalue weighted by atomic mass is 16.2. The molecular formula is C21H23N3O2. The number of piperidine rings is 1. The van der Waals surface area contributed by atoms with Crippen LogP contribution in [0.5, 0.6) is 0 Å². The van der Waals surface area contributed by atoms with Crippen molar-refractivity contribution in [3.63, 3.8) is 0 Å². The van der Waals surface area contributed by atoms with Crippen LogP contribution in [-0.4, -0.2) is 40.8 Å². The Hall–Kier alpha value is -2.69. The summed E-state index contributed by atoms with van der Waals surface area (Å²) in [4.78, 5) is 30.8. The Balaban J connectivity index is 1.38. The van der Waals surface area contributed by atoms with Gasteiger partial charge in [0, 0.05) is 43.0 Å². The smallest absolute Gasteiger partial charge is 0.255 e. The lowest BCUT2D eigenvalue weighted by atomic mass is 10.0. The van der Waals surface area contributed by atoms with Crippen molar-refractivity contribution >= 4 is 11.8 Å². The molecule has 0 atom stereocenters. The second-order valence-electron chi connectivity index (χ2n) is 7.18. The number of carbonyl (C=O) groups is 2. The lowest BCUT2D eigenvalue weighted by Gasteiger charge is -2.32. The number of rotatable bonds is 4. The molecule has 1 aromatic heterocycles. The summed E-state index contributed by atoms with van der Waals surface area (Å²) in [6, 6.07) is 12.1.